The number of phenols is 2. The molecule has 5 heteroatoms. The third-order valence-corrected chi connectivity index (χ3v) is 4.77. The second-order valence-electron chi connectivity index (χ2n) is 6.01. The van der Waals surface area contributed by atoms with Gasteiger partial charge in [-0.1, -0.05) is 6.58 Å². The van der Waals surface area contributed by atoms with E-state index in [2.05, 4.69) is 6.58 Å². The monoisotopic (exact) mass is 302 g/mol. The zero-order chi connectivity index (χ0) is 16.0. The summed E-state index contributed by atoms with van der Waals surface area (Å²) in [4.78, 5) is 24.1. The highest BCUT2D eigenvalue weighted by Gasteiger charge is 2.36. The van der Waals surface area contributed by atoms with Crippen molar-refractivity contribution < 1.29 is 24.9 Å². The molecule has 0 fully saturated rings. The maximum atomic E-state index is 12.1. The van der Waals surface area contributed by atoms with Gasteiger partial charge >= 0.3 is 0 Å². The average molecular weight is 302 g/mol. The minimum atomic E-state index is -0.312. The van der Waals surface area contributed by atoms with Crippen molar-refractivity contribution >= 4 is 11.6 Å². The number of hydrogen-bond acceptors (Lipinski definition) is 5. The summed E-state index contributed by atoms with van der Waals surface area (Å²) < 4.78 is 0. The molecule has 1 unspecified atom stereocenters. The fourth-order valence-electron chi connectivity index (χ4n) is 3.48. The average Bonchev–Trinajstić information content (AvgIpc) is 2.53. The van der Waals surface area contributed by atoms with Gasteiger partial charge in [-0.15, -0.1) is 0 Å². The summed E-state index contributed by atoms with van der Waals surface area (Å²) >= 11 is 0. The highest BCUT2D eigenvalue weighted by molar-refractivity contribution is 6.17. The molecule has 0 spiro atoms. The minimum Gasteiger partial charge on any atom is -0.507 e. The van der Waals surface area contributed by atoms with Crippen molar-refractivity contribution in [3.63, 3.8) is 0 Å². The van der Waals surface area contributed by atoms with Gasteiger partial charge in [-0.25, -0.2) is 0 Å². The number of benzene rings is 1. The van der Waals surface area contributed by atoms with Crippen LogP contribution >= 0.6 is 0 Å². The zero-order valence-corrected chi connectivity index (χ0v) is 12.2. The third-order valence-electron chi connectivity index (χ3n) is 4.77. The molecule has 0 aromatic heterocycles. The Hall–Kier alpha value is -2.14. The van der Waals surface area contributed by atoms with E-state index < -0.39 is 0 Å². The maximum absolute atomic E-state index is 12.1. The topological polar surface area (TPSA) is 94.8 Å². The van der Waals surface area contributed by atoms with E-state index in [1.165, 1.54) is 0 Å². The summed E-state index contributed by atoms with van der Waals surface area (Å²) in [6, 6.07) is 0. The molecule has 2 aliphatic rings. The molecule has 1 atom stereocenters. The van der Waals surface area contributed by atoms with Crippen LogP contribution in [-0.4, -0.2) is 33.5 Å². The van der Waals surface area contributed by atoms with E-state index in [0.29, 0.717) is 36.0 Å². The van der Waals surface area contributed by atoms with Crippen LogP contribution in [0.4, 0.5) is 0 Å². The van der Waals surface area contributed by atoms with Crippen molar-refractivity contribution in [1.82, 2.24) is 0 Å². The van der Waals surface area contributed by atoms with Gasteiger partial charge in [0, 0.05) is 24.0 Å². The molecule has 0 radical (unpaired) electrons. The van der Waals surface area contributed by atoms with E-state index in [9.17, 15) is 24.9 Å². The summed E-state index contributed by atoms with van der Waals surface area (Å²) in [6.07, 6.45) is 1.70. The van der Waals surface area contributed by atoms with Crippen molar-refractivity contribution in [3.05, 3.63) is 34.4 Å². The first-order chi connectivity index (χ1) is 10.5. The van der Waals surface area contributed by atoms with Crippen molar-refractivity contribution in [2.45, 2.75) is 32.1 Å². The maximum Gasteiger partial charge on any atom is 0.167 e. The van der Waals surface area contributed by atoms with E-state index in [0.717, 1.165) is 0 Å². The lowest BCUT2D eigenvalue weighted by molar-refractivity contribution is 0.0884. The Morgan fingerprint density at radius 2 is 1.55 bits per heavy atom. The number of aliphatic hydroxyl groups excluding tert-OH is 1. The Labute approximate surface area is 127 Å². The first-order valence-electron chi connectivity index (χ1n) is 7.40. The molecule has 0 bridgehead atoms. The Morgan fingerprint density at radius 1 is 1.00 bits per heavy atom. The van der Waals surface area contributed by atoms with Gasteiger partial charge in [0.05, 0.1) is 17.7 Å². The van der Waals surface area contributed by atoms with Crippen LogP contribution in [0.5, 0.6) is 11.5 Å². The predicted molar refractivity (Wildman–Crippen MR) is 79.4 cm³/mol. The van der Waals surface area contributed by atoms with Crippen molar-refractivity contribution in [2.75, 3.05) is 6.61 Å². The number of hydrogen-bond donors (Lipinski definition) is 3. The highest BCUT2D eigenvalue weighted by atomic mass is 16.3. The third kappa shape index (κ3) is 2.04. The smallest absolute Gasteiger partial charge is 0.167 e. The van der Waals surface area contributed by atoms with Crippen LogP contribution in [0.1, 0.15) is 51.1 Å². The number of carbonyl (C=O) groups excluding carboxylic acids is 2. The van der Waals surface area contributed by atoms with Crippen molar-refractivity contribution in [1.29, 1.82) is 0 Å². The number of phenolic OH excluding ortho intramolecular Hbond substituents is 2. The Morgan fingerprint density at radius 3 is 2.09 bits per heavy atom. The van der Waals surface area contributed by atoms with Gasteiger partial charge in [0.25, 0.3) is 0 Å². The highest BCUT2D eigenvalue weighted by Crippen LogP contribution is 2.45. The van der Waals surface area contributed by atoms with Crippen LogP contribution in [0.2, 0.25) is 0 Å². The fourth-order valence-corrected chi connectivity index (χ4v) is 3.48. The van der Waals surface area contributed by atoms with Gasteiger partial charge < -0.3 is 15.3 Å². The van der Waals surface area contributed by atoms with Gasteiger partial charge in [0.2, 0.25) is 0 Å². The molecular weight excluding hydrogens is 284 g/mol. The number of carbonyl (C=O) groups is 2. The molecule has 22 heavy (non-hydrogen) atoms. The van der Waals surface area contributed by atoms with Gasteiger partial charge in [-0.3, -0.25) is 9.59 Å². The molecule has 1 aromatic rings. The molecule has 0 saturated carbocycles. The largest absolute Gasteiger partial charge is 0.507 e. The molecule has 116 valence electrons. The first-order valence-corrected chi connectivity index (χ1v) is 7.40. The van der Waals surface area contributed by atoms with Crippen LogP contribution in [0.25, 0.3) is 0 Å². The van der Waals surface area contributed by atoms with E-state index in [-0.39, 0.29) is 59.6 Å². The molecule has 0 amide bonds. The van der Waals surface area contributed by atoms with Gasteiger partial charge in [-0.05, 0) is 30.8 Å². The van der Waals surface area contributed by atoms with Crippen LogP contribution in [0.3, 0.4) is 0 Å². The van der Waals surface area contributed by atoms with Crippen molar-refractivity contribution in [2.24, 2.45) is 5.92 Å². The number of fused-ring (bicyclic) bond motifs is 2. The second-order valence-corrected chi connectivity index (χ2v) is 6.01. The predicted octanol–water partition coefficient (Wildman–Crippen LogP) is 1.91. The van der Waals surface area contributed by atoms with Crippen LogP contribution in [-0.2, 0) is 12.8 Å². The Bertz CT molecular complexity index is 702. The van der Waals surface area contributed by atoms with Gasteiger partial charge in [0.15, 0.2) is 11.6 Å². The normalized spacial score (nSPS) is 20.5. The second kappa shape index (κ2) is 5.25. The minimum absolute atomic E-state index is 0.00440. The summed E-state index contributed by atoms with van der Waals surface area (Å²) in [5, 5.41) is 30.1. The summed E-state index contributed by atoms with van der Waals surface area (Å²) in [5.74, 6) is -0.958. The molecule has 3 rings (SSSR count). The van der Waals surface area contributed by atoms with Crippen molar-refractivity contribution in [3.8, 4) is 11.5 Å². The van der Waals surface area contributed by atoms with E-state index in [4.69, 9.17) is 0 Å². The van der Waals surface area contributed by atoms with E-state index >= 15 is 0 Å². The molecule has 1 aromatic carbocycles. The molecule has 2 aliphatic carbocycles. The molecule has 3 N–H and O–H groups in total. The van der Waals surface area contributed by atoms with Crippen LogP contribution < -0.4 is 0 Å². The number of aliphatic hydroxyl groups is 1. The Balaban J connectivity index is 2.17. The standard InChI is InChI=1S/C17H18O5/c1-8(7-18)9-2-3-10-11(6-9)17(22)15-13(20)5-4-12(19)14(15)16(10)21/h9,18,21-22H,1-7H2. The lowest BCUT2D eigenvalue weighted by Gasteiger charge is -2.29. The zero-order valence-electron chi connectivity index (χ0n) is 12.2. The number of rotatable bonds is 2. The van der Waals surface area contributed by atoms with Gasteiger partial charge in [0.1, 0.15) is 11.5 Å². The Kier molecular flexibility index (Phi) is 3.53. The van der Waals surface area contributed by atoms with E-state index in [1.807, 2.05) is 0 Å². The SMILES string of the molecule is C=C(CO)C1CCc2c(O)c3c(c(O)c2C1)C(=O)CCC3=O. The van der Waals surface area contributed by atoms with E-state index in [1.54, 1.807) is 0 Å². The van der Waals surface area contributed by atoms with Gasteiger partial charge in [-0.2, -0.15) is 0 Å². The summed E-state index contributed by atoms with van der Waals surface area (Å²) in [7, 11) is 0. The number of ketones is 2. The quantitative estimate of drug-likeness (QED) is 0.573. The molecule has 5 nitrogen and oxygen atoms in total. The van der Waals surface area contributed by atoms with Crippen LogP contribution in [0.15, 0.2) is 12.2 Å². The number of aromatic hydroxyl groups is 2. The first kappa shape index (κ1) is 14.8. The molecule has 0 saturated heterocycles. The van der Waals surface area contributed by atoms with Crippen LogP contribution in [0, 0.1) is 5.92 Å². The fraction of sp³-hybridized carbons (Fsp3) is 0.412. The lowest BCUT2D eigenvalue weighted by Crippen LogP contribution is -2.23. The molecule has 0 aliphatic heterocycles. The lowest BCUT2D eigenvalue weighted by atomic mass is 9.75. The molecular formula is C17H18O5. The summed E-state index contributed by atoms with van der Waals surface area (Å²) in [5.41, 5.74) is 1.66. The number of Topliss-reactive ketones (excluding diaryl/α,β-unsaturated/α-hetero) is 2. The molecule has 0 heterocycles. The summed E-state index contributed by atoms with van der Waals surface area (Å²) in [6.45, 7) is 3.69.